The monoisotopic (exact) mass is 626 g/mol. The highest BCUT2D eigenvalue weighted by Crippen LogP contribution is 2.46. The number of benzene rings is 6. The van der Waals surface area contributed by atoms with Crippen LogP contribution in [-0.4, -0.2) is 16.8 Å². The molecule has 0 radical (unpaired) electrons. The average molecular weight is 627 g/mol. The first-order valence-electron chi connectivity index (χ1n) is 15.4. The van der Waals surface area contributed by atoms with Crippen molar-refractivity contribution in [3.63, 3.8) is 0 Å². The SMILES string of the molecule is Nc1c(/N=C2\CN(c3cccc4c3sc3ccccc34)c3ccccc32)n(-c2cccc3c2sc2ccccc23)c2ccccc12. The Morgan fingerprint density at radius 2 is 1.07 bits per heavy atom. The Bertz CT molecular complexity index is 2710. The lowest BCUT2D eigenvalue weighted by Crippen LogP contribution is -2.17. The highest BCUT2D eigenvalue weighted by atomic mass is 32.1. The van der Waals surface area contributed by atoms with Gasteiger partial charge in [-0.05, 0) is 36.4 Å². The van der Waals surface area contributed by atoms with E-state index in [0.717, 1.165) is 33.7 Å². The predicted octanol–water partition coefficient (Wildman–Crippen LogP) is 11.2. The van der Waals surface area contributed by atoms with Crippen molar-refractivity contribution in [2.45, 2.75) is 0 Å². The van der Waals surface area contributed by atoms with Crippen molar-refractivity contribution in [3.8, 4) is 5.69 Å². The molecule has 46 heavy (non-hydrogen) atoms. The second-order valence-electron chi connectivity index (χ2n) is 11.8. The molecule has 4 heterocycles. The van der Waals surface area contributed by atoms with E-state index in [2.05, 4.69) is 143 Å². The van der Waals surface area contributed by atoms with E-state index in [0.29, 0.717) is 12.2 Å². The number of aliphatic imine (C=N–C) groups is 1. The molecule has 0 atom stereocenters. The Labute approximate surface area is 272 Å². The minimum absolute atomic E-state index is 0.654. The van der Waals surface area contributed by atoms with Crippen molar-refractivity contribution in [3.05, 3.63) is 139 Å². The minimum atomic E-state index is 0.654. The molecule has 6 heteroatoms. The fourth-order valence-electron chi connectivity index (χ4n) is 7.17. The van der Waals surface area contributed by atoms with Crippen molar-refractivity contribution in [2.24, 2.45) is 4.99 Å². The summed E-state index contributed by atoms with van der Waals surface area (Å²) in [5, 5.41) is 6.14. The van der Waals surface area contributed by atoms with Crippen LogP contribution in [0.1, 0.15) is 5.56 Å². The van der Waals surface area contributed by atoms with Crippen molar-refractivity contribution in [2.75, 3.05) is 17.2 Å². The van der Waals surface area contributed by atoms with Gasteiger partial charge >= 0.3 is 0 Å². The van der Waals surface area contributed by atoms with Gasteiger partial charge in [0.2, 0.25) is 0 Å². The van der Waals surface area contributed by atoms with Gasteiger partial charge in [0.05, 0.1) is 49.9 Å². The number of thiophene rings is 2. The zero-order valence-corrected chi connectivity index (χ0v) is 26.3. The molecule has 0 unspecified atom stereocenters. The van der Waals surface area contributed by atoms with Crippen LogP contribution in [0.15, 0.2) is 138 Å². The van der Waals surface area contributed by atoms with Crippen molar-refractivity contribution >= 4 is 103 Å². The van der Waals surface area contributed by atoms with Crippen LogP contribution in [0, 0.1) is 0 Å². The smallest absolute Gasteiger partial charge is 0.162 e. The number of hydrogen-bond donors (Lipinski definition) is 1. The molecule has 0 amide bonds. The molecule has 0 spiro atoms. The Balaban J connectivity index is 1.20. The van der Waals surface area contributed by atoms with Crippen molar-refractivity contribution in [1.29, 1.82) is 0 Å². The van der Waals surface area contributed by atoms with E-state index in [9.17, 15) is 0 Å². The van der Waals surface area contributed by atoms with Crippen LogP contribution in [0.3, 0.4) is 0 Å². The summed E-state index contributed by atoms with van der Waals surface area (Å²) >= 11 is 3.68. The average Bonchev–Trinajstić information content (AvgIpc) is 3.85. The maximum Gasteiger partial charge on any atom is 0.162 e. The van der Waals surface area contributed by atoms with E-state index in [-0.39, 0.29) is 0 Å². The molecule has 4 nitrogen and oxygen atoms in total. The number of nitrogen functional groups attached to an aromatic ring is 1. The molecule has 1 aliphatic rings. The van der Waals surface area contributed by atoms with Gasteiger partial charge < -0.3 is 10.6 Å². The second kappa shape index (κ2) is 9.78. The molecule has 10 rings (SSSR count). The zero-order valence-electron chi connectivity index (χ0n) is 24.6. The summed E-state index contributed by atoms with van der Waals surface area (Å²) in [6.45, 7) is 0.654. The predicted molar refractivity (Wildman–Crippen MR) is 200 cm³/mol. The van der Waals surface area contributed by atoms with Gasteiger partial charge in [-0.3, -0.25) is 4.57 Å². The molecule has 3 aromatic heterocycles. The van der Waals surface area contributed by atoms with Crippen LogP contribution in [0.5, 0.6) is 0 Å². The lowest BCUT2D eigenvalue weighted by atomic mass is 10.1. The number of nitrogens with zero attached hydrogens (tertiary/aromatic N) is 3. The molecule has 218 valence electrons. The normalized spacial score (nSPS) is 14.1. The van der Waals surface area contributed by atoms with Crippen LogP contribution in [-0.2, 0) is 0 Å². The summed E-state index contributed by atoms with van der Waals surface area (Å²) in [4.78, 5) is 7.91. The van der Waals surface area contributed by atoms with Crippen molar-refractivity contribution in [1.82, 2.24) is 4.57 Å². The number of rotatable bonds is 3. The Morgan fingerprint density at radius 1 is 0.522 bits per heavy atom. The zero-order chi connectivity index (χ0) is 30.4. The molecule has 0 saturated carbocycles. The molecule has 9 aromatic rings. The van der Waals surface area contributed by atoms with Gasteiger partial charge in [-0.25, -0.2) is 4.99 Å². The Morgan fingerprint density at radius 3 is 1.80 bits per heavy atom. The third-order valence-corrected chi connectivity index (χ3v) is 11.7. The van der Waals surface area contributed by atoms with E-state index in [4.69, 9.17) is 10.7 Å². The summed E-state index contributed by atoms with van der Waals surface area (Å²) < 4.78 is 7.38. The van der Waals surface area contributed by atoms with Crippen LogP contribution >= 0.6 is 22.7 Å². The molecular weight excluding hydrogens is 601 g/mol. The number of fused-ring (bicyclic) bond motifs is 8. The first kappa shape index (κ1) is 25.9. The van der Waals surface area contributed by atoms with E-state index in [1.807, 2.05) is 22.7 Å². The van der Waals surface area contributed by atoms with E-state index < -0.39 is 0 Å². The van der Waals surface area contributed by atoms with Crippen molar-refractivity contribution < 1.29 is 0 Å². The molecule has 6 aromatic carbocycles. The minimum Gasteiger partial charge on any atom is -0.395 e. The van der Waals surface area contributed by atoms with Gasteiger partial charge in [-0.15, -0.1) is 22.7 Å². The van der Waals surface area contributed by atoms with E-state index in [1.54, 1.807) is 0 Å². The van der Waals surface area contributed by atoms with E-state index >= 15 is 0 Å². The maximum atomic E-state index is 7.02. The number of nitrogens with two attached hydrogens (primary N) is 1. The maximum absolute atomic E-state index is 7.02. The molecule has 1 aliphatic heterocycles. The number of anilines is 3. The molecule has 0 bridgehead atoms. The summed E-state index contributed by atoms with van der Waals surface area (Å²) in [5.41, 5.74) is 14.4. The van der Waals surface area contributed by atoms with E-state index in [1.165, 1.54) is 51.7 Å². The largest absolute Gasteiger partial charge is 0.395 e. The second-order valence-corrected chi connectivity index (χ2v) is 13.9. The van der Waals surface area contributed by atoms with Gasteiger partial charge in [-0.2, -0.15) is 0 Å². The van der Waals surface area contributed by atoms with Gasteiger partial charge in [0, 0.05) is 41.9 Å². The summed E-state index contributed by atoms with van der Waals surface area (Å²) in [6, 6.07) is 47.6. The summed E-state index contributed by atoms with van der Waals surface area (Å²) in [6.07, 6.45) is 0. The van der Waals surface area contributed by atoms with Gasteiger partial charge in [0.25, 0.3) is 0 Å². The number of para-hydroxylation sites is 2. The lowest BCUT2D eigenvalue weighted by Gasteiger charge is -2.19. The fraction of sp³-hybridized carbons (Fsp3) is 0.0250. The van der Waals surface area contributed by atoms with Crippen LogP contribution in [0.2, 0.25) is 0 Å². The Kier molecular flexibility index (Phi) is 5.50. The molecule has 2 N–H and O–H groups in total. The number of aromatic nitrogens is 1. The number of hydrogen-bond acceptors (Lipinski definition) is 5. The third-order valence-electron chi connectivity index (χ3n) is 9.24. The molecular formula is C40H26N4S2. The standard InChI is InChI=1S/C40H26N4S2/c41-37-29-14-2-6-18-32(29)44(34-20-10-16-27-25-12-4-8-22-36(25)46-39(27)34)40(37)42-30-23-43(31-17-5-1-13-28(30)31)33-19-9-15-26-24-11-3-7-21-35(24)45-38(26)33/h1-22H,23,41H2/b42-30+. The fourth-order valence-corrected chi connectivity index (χ4v) is 9.60. The highest BCUT2D eigenvalue weighted by Gasteiger charge is 2.29. The van der Waals surface area contributed by atoms with Gasteiger partial charge in [-0.1, -0.05) is 97.1 Å². The molecule has 0 fully saturated rings. The van der Waals surface area contributed by atoms with Crippen LogP contribution in [0.25, 0.3) is 56.9 Å². The first-order valence-corrected chi connectivity index (χ1v) is 17.0. The molecule has 0 saturated heterocycles. The van der Waals surface area contributed by atoms with Gasteiger partial charge in [0.1, 0.15) is 0 Å². The summed E-state index contributed by atoms with van der Waals surface area (Å²) in [5.74, 6) is 0.776. The first-order chi connectivity index (χ1) is 22.7. The summed E-state index contributed by atoms with van der Waals surface area (Å²) in [7, 11) is 0. The third kappa shape index (κ3) is 3.62. The van der Waals surface area contributed by atoms with Gasteiger partial charge in [0.15, 0.2) is 5.82 Å². The highest BCUT2D eigenvalue weighted by molar-refractivity contribution is 7.26. The van der Waals surface area contributed by atoms with Crippen LogP contribution in [0.4, 0.5) is 22.9 Å². The van der Waals surface area contributed by atoms with Crippen LogP contribution < -0.4 is 10.6 Å². The topological polar surface area (TPSA) is 46.5 Å². The quantitative estimate of drug-likeness (QED) is 0.212. The Hall–Kier alpha value is -5.43. The molecule has 0 aliphatic carbocycles. The lowest BCUT2D eigenvalue weighted by molar-refractivity contribution is 1.12.